The molecule has 1 saturated heterocycles. The first-order valence-corrected chi connectivity index (χ1v) is 7.29. The van der Waals surface area contributed by atoms with Crippen LogP contribution < -0.4 is 0 Å². The molecule has 1 saturated carbocycles. The van der Waals surface area contributed by atoms with E-state index < -0.39 is 9.04 Å². The van der Waals surface area contributed by atoms with Crippen LogP contribution in [0.25, 0.3) is 0 Å². The lowest BCUT2D eigenvalue weighted by atomic mass is 9.87. The maximum Gasteiger partial charge on any atom is 0.205 e. The van der Waals surface area contributed by atoms with Gasteiger partial charge in [-0.25, -0.2) is 0 Å². The van der Waals surface area contributed by atoms with E-state index in [4.69, 9.17) is 4.74 Å². The number of hydrogen-bond donors (Lipinski definition) is 1. The lowest BCUT2D eigenvalue weighted by Crippen LogP contribution is -2.37. The number of ether oxygens (including phenoxy) is 1. The average molecular weight is 186 g/mol. The highest BCUT2D eigenvalue weighted by Crippen LogP contribution is 2.51. The zero-order chi connectivity index (χ0) is 8.77. The largest absolute Gasteiger partial charge is 0.432 e. The first-order chi connectivity index (χ1) is 5.69. The van der Waals surface area contributed by atoms with Crippen molar-refractivity contribution < 1.29 is 9.53 Å². The fraction of sp³-hybridized carbons (Fsp3) is 1.00. The van der Waals surface area contributed by atoms with Crippen molar-refractivity contribution >= 4 is 9.04 Å². The Morgan fingerprint density at radius 3 is 2.92 bits per heavy atom. The summed E-state index contributed by atoms with van der Waals surface area (Å²) in [5.74, 6) is 0.860. The molecular weight excluding hydrogens is 168 g/mol. The highest BCUT2D eigenvalue weighted by molar-refractivity contribution is 6.53. The molecule has 2 rings (SSSR count). The van der Waals surface area contributed by atoms with Crippen molar-refractivity contribution in [1.29, 1.82) is 0 Å². The summed E-state index contributed by atoms with van der Waals surface area (Å²) in [5, 5.41) is 0.0195. The van der Waals surface area contributed by atoms with Crippen molar-refractivity contribution in [3.63, 3.8) is 0 Å². The molecule has 0 aromatic rings. The van der Waals surface area contributed by atoms with Gasteiger partial charge in [0.2, 0.25) is 9.04 Å². The van der Waals surface area contributed by atoms with Crippen LogP contribution in [0.4, 0.5) is 0 Å². The fourth-order valence-corrected chi connectivity index (χ4v) is 4.12. The number of hydrogen-bond acceptors (Lipinski definition) is 2. The molecule has 0 amide bonds. The van der Waals surface area contributed by atoms with E-state index in [0.717, 1.165) is 12.3 Å². The smallest absolute Gasteiger partial charge is 0.205 e. The lowest BCUT2D eigenvalue weighted by molar-refractivity contribution is 0.327. The van der Waals surface area contributed by atoms with Gasteiger partial charge in [-0.3, -0.25) is 0 Å². The molecule has 0 spiro atoms. The van der Waals surface area contributed by atoms with Gasteiger partial charge < -0.3 is 9.53 Å². The minimum absolute atomic E-state index is 0.0195. The van der Waals surface area contributed by atoms with Crippen molar-refractivity contribution in [3.8, 4) is 0 Å². The van der Waals surface area contributed by atoms with Gasteiger partial charge in [0.1, 0.15) is 5.22 Å². The molecule has 2 nitrogen and oxygen atoms in total. The Morgan fingerprint density at radius 2 is 2.42 bits per heavy atom. The van der Waals surface area contributed by atoms with Crippen LogP contribution in [-0.2, 0) is 4.74 Å². The molecule has 1 N–H and O–H groups in total. The SMILES string of the molecule is CCC1CCC2([SiH](C)O)OC2C1. The Hall–Kier alpha value is 0.137. The van der Waals surface area contributed by atoms with Crippen LogP contribution >= 0.6 is 0 Å². The molecule has 2 fully saturated rings. The molecule has 3 heteroatoms. The molecule has 0 aromatic carbocycles. The van der Waals surface area contributed by atoms with Gasteiger partial charge in [0, 0.05) is 0 Å². The van der Waals surface area contributed by atoms with Gasteiger partial charge in [0.05, 0.1) is 6.10 Å². The summed E-state index contributed by atoms with van der Waals surface area (Å²) >= 11 is 0. The third-order valence-corrected chi connectivity index (χ3v) is 5.84. The molecule has 0 aromatic heterocycles. The van der Waals surface area contributed by atoms with Gasteiger partial charge in [-0.2, -0.15) is 0 Å². The lowest BCUT2D eigenvalue weighted by Gasteiger charge is -2.24. The van der Waals surface area contributed by atoms with E-state index in [2.05, 4.69) is 6.92 Å². The van der Waals surface area contributed by atoms with Crippen LogP contribution in [0.5, 0.6) is 0 Å². The molecule has 4 atom stereocenters. The van der Waals surface area contributed by atoms with E-state index in [1.165, 1.54) is 19.3 Å². The Kier molecular flexibility index (Phi) is 2.05. The molecule has 0 radical (unpaired) electrons. The number of rotatable bonds is 2. The first-order valence-electron chi connectivity index (χ1n) is 5.05. The van der Waals surface area contributed by atoms with Crippen molar-refractivity contribution in [3.05, 3.63) is 0 Å². The Morgan fingerprint density at radius 1 is 1.67 bits per heavy atom. The summed E-state index contributed by atoms with van der Waals surface area (Å²) in [4.78, 5) is 9.65. The molecular formula is C9H18O2Si. The minimum Gasteiger partial charge on any atom is -0.432 e. The number of fused-ring (bicyclic) bond motifs is 1. The topological polar surface area (TPSA) is 32.8 Å². The summed E-state index contributed by atoms with van der Waals surface area (Å²) in [5.41, 5.74) is 0. The zero-order valence-electron chi connectivity index (χ0n) is 7.92. The molecule has 12 heavy (non-hydrogen) atoms. The minimum atomic E-state index is -1.55. The van der Waals surface area contributed by atoms with E-state index in [9.17, 15) is 4.80 Å². The van der Waals surface area contributed by atoms with Crippen molar-refractivity contribution in [2.24, 2.45) is 5.92 Å². The quantitative estimate of drug-likeness (QED) is 0.519. The third kappa shape index (κ3) is 1.15. The second-order valence-corrected chi connectivity index (χ2v) is 6.62. The van der Waals surface area contributed by atoms with Crippen LogP contribution in [-0.4, -0.2) is 25.2 Å². The predicted octanol–water partition coefficient (Wildman–Crippen LogP) is 1.22. The normalized spacial score (nSPS) is 48.2. The maximum absolute atomic E-state index is 9.65. The summed E-state index contributed by atoms with van der Waals surface area (Å²) < 4.78 is 5.67. The van der Waals surface area contributed by atoms with Gasteiger partial charge in [0.15, 0.2) is 0 Å². The molecule has 0 bridgehead atoms. The van der Waals surface area contributed by atoms with Crippen LogP contribution in [0.3, 0.4) is 0 Å². The molecule has 1 heterocycles. The monoisotopic (exact) mass is 186 g/mol. The van der Waals surface area contributed by atoms with Gasteiger partial charge in [0.25, 0.3) is 0 Å². The van der Waals surface area contributed by atoms with Crippen molar-refractivity contribution in [2.45, 2.75) is 50.5 Å². The van der Waals surface area contributed by atoms with E-state index in [1.54, 1.807) is 0 Å². The van der Waals surface area contributed by atoms with E-state index in [-0.39, 0.29) is 5.22 Å². The van der Waals surface area contributed by atoms with Crippen molar-refractivity contribution in [1.82, 2.24) is 0 Å². The van der Waals surface area contributed by atoms with E-state index >= 15 is 0 Å². The van der Waals surface area contributed by atoms with Crippen LogP contribution in [0, 0.1) is 5.92 Å². The highest BCUT2D eigenvalue weighted by Gasteiger charge is 2.62. The van der Waals surface area contributed by atoms with Crippen LogP contribution in [0.1, 0.15) is 32.6 Å². The summed E-state index contributed by atoms with van der Waals surface area (Å²) in [7, 11) is -1.55. The van der Waals surface area contributed by atoms with Crippen molar-refractivity contribution in [2.75, 3.05) is 0 Å². The van der Waals surface area contributed by atoms with Gasteiger partial charge >= 0.3 is 0 Å². The first kappa shape index (κ1) is 8.72. The molecule has 70 valence electrons. The molecule has 2 aliphatic rings. The number of epoxide rings is 1. The second kappa shape index (κ2) is 2.82. The van der Waals surface area contributed by atoms with E-state index in [1.807, 2.05) is 6.55 Å². The summed E-state index contributed by atoms with van der Waals surface area (Å²) in [6, 6.07) is 0. The maximum atomic E-state index is 9.65. The molecule has 4 unspecified atom stereocenters. The Labute approximate surface area is 75.7 Å². The summed E-state index contributed by atoms with van der Waals surface area (Å²) in [6.07, 6.45) is 5.30. The Bertz CT molecular complexity index is 183. The third-order valence-electron chi connectivity index (χ3n) is 3.62. The fourth-order valence-electron chi connectivity index (χ4n) is 2.50. The zero-order valence-corrected chi connectivity index (χ0v) is 9.07. The standard InChI is InChI=1S/C9H18O2Si/c1-3-7-4-5-9(12(2)10)8(6-7)11-9/h7-8,10,12H,3-6H2,1-2H3. The van der Waals surface area contributed by atoms with E-state index in [0.29, 0.717) is 6.10 Å². The van der Waals surface area contributed by atoms with Gasteiger partial charge in [-0.05, 0) is 31.7 Å². The molecule has 1 aliphatic heterocycles. The van der Waals surface area contributed by atoms with Crippen LogP contribution in [0.15, 0.2) is 0 Å². The predicted molar refractivity (Wildman–Crippen MR) is 50.5 cm³/mol. The molecule has 1 aliphatic carbocycles. The summed E-state index contributed by atoms with van der Waals surface area (Å²) in [6.45, 7) is 4.24. The average Bonchev–Trinajstić information content (AvgIpc) is 2.78. The van der Waals surface area contributed by atoms with Crippen LogP contribution in [0.2, 0.25) is 6.55 Å². The second-order valence-electron chi connectivity index (χ2n) is 4.29. The highest BCUT2D eigenvalue weighted by atomic mass is 28.3. The Balaban J connectivity index is 1.96. The van der Waals surface area contributed by atoms with Gasteiger partial charge in [-0.1, -0.05) is 13.3 Å². The van der Waals surface area contributed by atoms with Gasteiger partial charge in [-0.15, -0.1) is 0 Å².